The third-order valence-corrected chi connectivity index (χ3v) is 6.33. The van der Waals surface area contributed by atoms with Crippen LogP contribution in [-0.2, 0) is 0 Å². The van der Waals surface area contributed by atoms with Crippen molar-refractivity contribution in [2.24, 2.45) is 11.5 Å². The number of benzene rings is 1. The minimum Gasteiger partial charge on any atom is -0.486 e. The monoisotopic (exact) mass is 565 g/mol. The molecule has 4 rings (SSSR count). The minimum absolute atomic E-state index is 0.00673. The lowest BCUT2D eigenvalue weighted by Gasteiger charge is -2.47. The third kappa shape index (κ3) is 6.63. The van der Waals surface area contributed by atoms with Crippen LogP contribution in [0.2, 0.25) is 10.0 Å². The maximum atomic E-state index is 14.8. The summed E-state index contributed by atoms with van der Waals surface area (Å²) in [4.78, 5) is 9.88. The number of aromatic nitrogens is 2. The Balaban J connectivity index is 0.00000121. The molecule has 7 N–H and O–H groups in total. The summed E-state index contributed by atoms with van der Waals surface area (Å²) in [6, 6.07) is 6.17. The van der Waals surface area contributed by atoms with Crippen LogP contribution in [0.25, 0.3) is 0 Å². The molecule has 0 unspecified atom stereocenters. The quantitative estimate of drug-likeness (QED) is 0.242. The van der Waals surface area contributed by atoms with Crippen LogP contribution in [0.5, 0.6) is 5.75 Å². The van der Waals surface area contributed by atoms with Crippen molar-refractivity contribution in [2.75, 3.05) is 42.8 Å². The number of nitrogens with two attached hydrogens (primary N) is 3. The molecule has 1 aromatic carbocycles. The molecule has 1 fully saturated rings. The summed E-state index contributed by atoms with van der Waals surface area (Å²) in [6.45, 7) is 2.94. The minimum atomic E-state index is -0.553. The van der Waals surface area contributed by atoms with Gasteiger partial charge in [-0.05, 0) is 43.7 Å². The molecule has 1 aliphatic heterocycles. The summed E-state index contributed by atoms with van der Waals surface area (Å²) >= 11 is 14.2. The number of hydrogen-bond acceptors (Lipinski definition) is 9. The molecule has 0 amide bonds. The van der Waals surface area contributed by atoms with E-state index < -0.39 is 17.5 Å². The van der Waals surface area contributed by atoms with E-state index in [2.05, 4.69) is 9.97 Å². The van der Waals surface area contributed by atoms with Gasteiger partial charge >= 0.3 is 0 Å². The molecule has 0 radical (unpaired) electrons. The maximum absolute atomic E-state index is 14.8. The van der Waals surface area contributed by atoms with Crippen molar-refractivity contribution < 1.29 is 9.13 Å². The Morgan fingerprint density at radius 2 is 1.84 bits per heavy atom. The molecule has 12 heteroatoms. The summed E-state index contributed by atoms with van der Waals surface area (Å²) < 4.78 is 20.8. The lowest BCUT2D eigenvalue weighted by Crippen LogP contribution is -2.71. The van der Waals surface area contributed by atoms with E-state index in [4.69, 9.17) is 50.5 Å². The average molecular weight is 567 g/mol. The zero-order valence-corrected chi connectivity index (χ0v) is 23.1. The van der Waals surface area contributed by atoms with Crippen LogP contribution in [0.4, 0.5) is 15.9 Å². The van der Waals surface area contributed by atoms with Gasteiger partial charge in [0.1, 0.15) is 11.9 Å². The molecule has 198 valence electrons. The highest BCUT2D eigenvalue weighted by atomic mass is 35.5. The Morgan fingerprint density at radius 3 is 2.41 bits per heavy atom. The predicted molar refractivity (Wildman–Crippen MR) is 152 cm³/mol. The van der Waals surface area contributed by atoms with Gasteiger partial charge in [-0.1, -0.05) is 23.2 Å². The molecule has 0 spiro atoms. The molecule has 1 saturated heterocycles. The van der Waals surface area contributed by atoms with E-state index in [1.54, 1.807) is 41.8 Å². The van der Waals surface area contributed by atoms with E-state index >= 15 is 0 Å². The molecule has 0 saturated carbocycles. The van der Waals surface area contributed by atoms with Crippen molar-refractivity contribution in [3.05, 3.63) is 75.4 Å². The first-order valence-electron chi connectivity index (χ1n) is 11.3. The van der Waals surface area contributed by atoms with Crippen LogP contribution < -0.4 is 26.8 Å². The predicted octanol–water partition coefficient (Wildman–Crippen LogP) is 4.52. The molecule has 3 heterocycles. The highest BCUT2D eigenvalue weighted by molar-refractivity contribution is 7.97. The van der Waals surface area contributed by atoms with Gasteiger partial charge in [-0.2, -0.15) is 11.8 Å². The van der Waals surface area contributed by atoms with E-state index in [9.17, 15) is 4.39 Å². The molecular formula is C25H30Cl2FN7OS. The first-order valence-corrected chi connectivity index (χ1v) is 13.7. The standard InChI is InChI=1S/C23H24Cl2FN7O.C2H6S/c1-12(20-16(24)7-31-8-17(20)25)34-14-2-3-19(28)15(5-14)21(29)13-4-18(26)22(32-6-13)33-10-23(30,9-27)11-33;1-3-2/h2-8,12,29H,9-11,27-28,30H2,1H3;1-2H3/t12-;/m1./s1. The Morgan fingerprint density at radius 1 is 1.22 bits per heavy atom. The van der Waals surface area contributed by atoms with Crippen molar-refractivity contribution in [1.29, 1.82) is 5.41 Å². The van der Waals surface area contributed by atoms with E-state index in [0.717, 1.165) is 0 Å². The summed E-state index contributed by atoms with van der Waals surface area (Å²) in [5.74, 6) is 0.0658. The number of nitrogens with one attached hydrogen (secondary N) is 1. The lowest BCUT2D eigenvalue weighted by molar-refractivity contribution is 0.227. The Bertz CT molecular complexity index is 1250. The van der Waals surface area contributed by atoms with Crippen molar-refractivity contribution in [3.8, 4) is 5.75 Å². The second-order valence-corrected chi connectivity index (χ2v) is 10.4. The number of pyridine rings is 2. The largest absolute Gasteiger partial charge is 0.486 e. The van der Waals surface area contributed by atoms with Crippen LogP contribution in [0.3, 0.4) is 0 Å². The van der Waals surface area contributed by atoms with Crippen LogP contribution >= 0.6 is 35.0 Å². The fourth-order valence-corrected chi connectivity index (χ4v) is 4.52. The van der Waals surface area contributed by atoms with Crippen LogP contribution in [0, 0.1) is 11.2 Å². The summed E-state index contributed by atoms with van der Waals surface area (Å²) in [5, 5.41) is 9.37. The lowest BCUT2D eigenvalue weighted by atomic mass is 9.91. The molecule has 3 aromatic rings. The van der Waals surface area contributed by atoms with E-state index in [1.165, 1.54) is 24.7 Å². The fourth-order valence-electron chi connectivity index (χ4n) is 3.85. The van der Waals surface area contributed by atoms with Gasteiger partial charge in [-0.3, -0.25) is 10.4 Å². The van der Waals surface area contributed by atoms with Crippen molar-refractivity contribution in [2.45, 2.75) is 18.6 Å². The number of rotatable bonds is 7. The van der Waals surface area contributed by atoms with E-state index in [-0.39, 0.29) is 17.1 Å². The Kier molecular flexibility index (Phi) is 9.60. The second kappa shape index (κ2) is 12.3. The first kappa shape index (κ1) is 28.9. The molecule has 2 aromatic heterocycles. The van der Waals surface area contributed by atoms with E-state index in [1.807, 2.05) is 12.5 Å². The van der Waals surface area contributed by atoms with Crippen molar-refractivity contribution in [3.63, 3.8) is 0 Å². The van der Waals surface area contributed by atoms with Crippen LogP contribution in [0.15, 0.2) is 42.9 Å². The fraction of sp³-hybridized carbons (Fsp3) is 0.320. The summed E-state index contributed by atoms with van der Waals surface area (Å²) in [7, 11) is 0. The molecule has 37 heavy (non-hydrogen) atoms. The number of halogens is 3. The highest BCUT2D eigenvalue weighted by Crippen LogP contribution is 2.34. The van der Waals surface area contributed by atoms with Crippen molar-refractivity contribution >= 4 is 52.2 Å². The molecule has 0 bridgehead atoms. The smallest absolute Gasteiger partial charge is 0.166 e. The van der Waals surface area contributed by atoms with Gasteiger partial charge in [-0.25, -0.2) is 9.37 Å². The van der Waals surface area contributed by atoms with Crippen LogP contribution in [0.1, 0.15) is 29.7 Å². The van der Waals surface area contributed by atoms with Gasteiger partial charge in [0.2, 0.25) is 0 Å². The zero-order valence-electron chi connectivity index (χ0n) is 20.8. The number of nitrogen functional groups attached to an aromatic ring is 1. The Labute approximate surface area is 230 Å². The molecule has 1 aliphatic rings. The average Bonchev–Trinajstić information content (AvgIpc) is 2.83. The van der Waals surface area contributed by atoms with Gasteiger partial charge in [0, 0.05) is 60.6 Å². The van der Waals surface area contributed by atoms with Gasteiger partial charge < -0.3 is 26.8 Å². The van der Waals surface area contributed by atoms with Gasteiger partial charge in [0.15, 0.2) is 11.6 Å². The van der Waals surface area contributed by atoms with E-state index in [0.29, 0.717) is 52.2 Å². The molecule has 0 aliphatic carbocycles. The van der Waals surface area contributed by atoms with Gasteiger partial charge in [-0.15, -0.1) is 0 Å². The number of anilines is 2. The second-order valence-electron chi connectivity index (χ2n) is 8.76. The molecule has 8 nitrogen and oxygen atoms in total. The van der Waals surface area contributed by atoms with Crippen molar-refractivity contribution in [1.82, 2.24) is 9.97 Å². The first-order chi connectivity index (χ1) is 17.5. The molecular weight excluding hydrogens is 536 g/mol. The number of hydrogen-bond donors (Lipinski definition) is 4. The van der Waals surface area contributed by atoms with Gasteiger partial charge in [0.05, 0.1) is 21.3 Å². The van der Waals surface area contributed by atoms with Crippen LogP contribution in [-0.4, -0.2) is 53.4 Å². The number of ether oxygens (including phenoxy) is 1. The van der Waals surface area contributed by atoms with Gasteiger partial charge in [0.25, 0.3) is 0 Å². The maximum Gasteiger partial charge on any atom is 0.166 e. The number of nitrogens with zero attached hydrogens (tertiary/aromatic N) is 3. The normalized spacial score (nSPS) is 14.8. The zero-order chi connectivity index (χ0) is 27.3. The topological polar surface area (TPSA) is 140 Å². The SMILES string of the molecule is CSC.C[C@@H](Oc1ccc(N)c(C(=N)c2cnc(N3CC(N)(CN)C3)c(F)c2)c1)c1c(Cl)cncc1Cl. The number of thioether (sulfide) groups is 1. The Hall–Kier alpha value is -2.63. The highest BCUT2D eigenvalue weighted by Gasteiger charge is 2.40. The third-order valence-electron chi connectivity index (χ3n) is 5.73. The summed E-state index contributed by atoms with van der Waals surface area (Å²) in [5.41, 5.74) is 18.9. The summed E-state index contributed by atoms with van der Waals surface area (Å²) in [6.07, 6.45) is 8.00. The molecule has 1 atom stereocenters.